The molecule has 3 N–H and O–H groups in total. The minimum Gasteiger partial charge on any atom is -0.480 e. The smallest absolute Gasteiger partial charge is 0.329 e. The third-order valence-corrected chi connectivity index (χ3v) is 4.11. The van der Waals surface area contributed by atoms with Crippen molar-refractivity contribution in [2.75, 3.05) is 19.8 Å². The van der Waals surface area contributed by atoms with Gasteiger partial charge in [0.1, 0.15) is 6.61 Å². The average molecular weight is 298 g/mol. The standard InChI is InChI=1S/C13H18N2O4S/c16-12(17)8-19-6-5-14-13(18)15-10-2-1-3-11-9(10)4-7-20-11/h4,7,10H,1-3,5-6,8H2,(H,16,17)(H2,14,15,18). The number of carboxylic acid groups (broad SMARTS) is 1. The van der Waals surface area contributed by atoms with Gasteiger partial charge in [0, 0.05) is 11.4 Å². The molecule has 7 heteroatoms. The number of urea groups is 1. The fourth-order valence-electron chi connectivity index (χ4n) is 2.24. The summed E-state index contributed by atoms with van der Waals surface area (Å²) in [4.78, 5) is 23.3. The molecule has 6 nitrogen and oxygen atoms in total. The van der Waals surface area contributed by atoms with Crippen molar-refractivity contribution in [1.29, 1.82) is 0 Å². The highest BCUT2D eigenvalue weighted by Gasteiger charge is 2.22. The summed E-state index contributed by atoms with van der Waals surface area (Å²) in [5, 5.41) is 16.1. The maximum absolute atomic E-state index is 11.7. The lowest BCUT2D eigenvalue weighted by Crippen LogP contribution is -2.40. The van der Waals surface area contributed by atoms with E-state index in [1.165, 1.54) is 10.4 Å². The van der Waals surface area contributed by atoms with Crippen LogP contribution in [0.25, 0.3) is 0 Å². The lowest BCUT2D eigenvalue weighted by atomic mass is 9.94. The normalized spacial score (nSPS) is 17.3. The zero-order valence-electron chi connectivity index (χ0n) is 11.1. The second-order valence-corrected chi connectivity index (χ2v) is 5.59. The molecule has 0 saturated heterocycles. The number of aliphatic carboxylic acids is 1. The first-order valence-electron chi connectivity index (χ1n) is 6.57. The molecule has 1 atom stereocenters. The van der Waals surface area contributed by atoms with Crippen LogP contribution in [0, 0.1) is 0 Å². The van der Waals surface area contributed by atoms with E-state index in [0.29, 0.717) is 6.54 Å². The quantitative estimate of drug-likeness (QED) is 0.695. The molecular formula is C13H18N2O4S. The molecule has 1 heterocycles. The second kappa shape index (κ2) is 7.25. The summed E-state index contributed by atoms with van der Waals surface area (Å²) in [5.74, 6) is -1.01. The van der Waals surface area contributed by atoms with Crippen LogP contribution in [0.3, 0.4) is 0 Å². The SMILES string of the molecule is O=C(O)COCCNC(=O)NC1CCCc2sccc21. The van der Waals surface area contributed by atoms with E-state index in [9.17, 15) is 9.59 Å². The Kier molecular flexibility index (Phi) is 5.37. The van der Waals surface area contributed by atoms with Crippen molar-refractivity contribution in [3.63, 3.8) is 0 Å². The van der Waals surface area contributed by atoms with Crippen molar-refractivity contribution in [2.24, 2.45) is 0 Å². The molecule has 2 rings (SSSR count). The first-order chi connectivity index (χ1) is 9.66. The van der Waals surface area contributed by atoms with E-state index >= 15 is 0 Å². The molecule has 1 aliphatic rings. The Hall–Kier alpha value is -1.60. The molecule has 0 aliphatic heterocycles. The van der Waals surface area contributed by atoms with Crippen LogP contribution in [0.4, 0.5) is 4.79 Å². The average Bonchev–Trinajstić information content (AvgIpc) is 2.87. The molecule has 0 fully saturated rings. The van der Waals surface area contributed by atoms with Crippen molar-refractivity contribution >= 4 is 23.3 Å². The van der Waals surface area contributed by atoms with E-state index in [-0.39, 0.29) is 25.3 Å². The molecule has 0 saturated carbocycles. The van der Waals surface area contributed by atoms with Crippen LogP contribution in [-0.2, 0) is 16.0 Å². The molecule has 1 unspecified atom stereocenters. The van der Waals surface area contributed by atoms with Gasteiger partial charge in [-0.2, -0.15) is 0 Å². The first kappa shape index (κ1) is 14.8. The number of nitrogens with one attached hydrogen (secondary N) is 2. The predicted molar refractivity (Wildman–Crippen MR) is 75.0 cm³/mol. The molecule has 0 radical (unpaired) electrons. The van der Waals surface area contributed by atoms with Crippen LogP contribution in [0.15, 0.2) is 11.4 Å². The van der Waals surface area contributed by atoms with E-state index in [1.807, 2.05) is 0 Å². The van der Waals surface area contributed by atoms with Crippen molar-refractivity contribution in [3.05, 3.63) is 21.9 Å². The largest absolute Gasteiger partial charge is 0.480 e. The van der Waals surface area contributed by atoms with Crippen molar-refractivity contribution in [2.45, 2.75) is 25.3 Å². The number of thiophene rings is 1. The van der Waals surface area contributed by atoms with E-state index in [2.05, 4.69) is 22.1 Å². The number of hydrogen-bond donors (Lipinski definition) is 3. The molecule has 0 bridgehead atoms. The Labute approximate surface area is 121 Å². The number of amides is 2. The molecular weight excluding hydrogens is 280 g/mol. The summed E-state index contributed by atoms with van der Waals surface area (Å²) in [5.41, 5.74) is 1.22. The highest BCUT2D eigenvalue weighted by Crippen LogP contribution is 2.32. The van der Waals surface area contributed by atoms with E-state index < -0.39 is 5.97 Å². The van der Waals surface area contributed by atoms with Gasteiger partial charge in [-0.15, -0.1) is 11.3 Å². The number of aryl methyl sites for hydroxylation is 1. The highest BCUT2D eigenvalue weighted by atomic mass is 32.1. The molecule has 1 aromatic rings. The number of carbonyl (C=O) groups excluding carboxylic acids is 1. The fourth-order valence-corrected chi connectivity index (χ4v) is 3.23. The molecule has 1 aromatic heterocycles. The Morgan fingerprint density at radius 3 is 3.15 bits per heavy atom. The summed E-state index contributed by atoms with van der Waals surface area (Å²) in [7, 11) is 0. The van der Waals surface area contributed by atoms with Crippen molar-refractivity contribution < 1.29 is 19.4 Å². The number of carboxylic acids is 1. The first-order valence-corrected chi connectivity index (χ1v) is 7.45. The van der Waals surface area contributed by atoms with Crippen molar-refractivity contribution in [3.8, 4) is 0 Å². The van der Waals surface area contributed by atoms with E-state index in [4.69, 9.17) is 9.84 Å². The highest BCUT2D eigenvalue weighted by molar-refractivity contribution is 7.10. The minimum absolute atomic E-state index is 0.0740. The summed E-state index contributed by atoms with van der Waals surface area (Å²) in [6, 6.07) is 1.90. The van der Waals surface area contributed by atoms with Gasteiger partial charge in [-0.25, -0.2) is 9.59 Å². The number of ether oxygens (including phenoxy) is 1. The molecule has 1 aliphatic carbocycles. The van der Waals surface area contributed by atoms with E-state index in [0.717, 1.165) is 19.3 Å². The van der Waals surface area contributed by atoms with Crippen LogP contribution in [-0.4, -0.2) is 36.9 Å². The monoisotopic (exact) mass is 298 g/mol. The van der Waals surface area contributed by atoms with Gasteiger partial charge < -0.3 is 20.5 Å². The van der Waals surface area contributed by atoms with Crippen LogP contribution in [0.1, 0.15) is 29.3 Å². The predicted octanol–water partition coefficient (Wildman–Crippen LogP) is 1.53. The topological polar surface area (TPSA) is 87.7 Å². The number of fused-ring (bicyclic) bond motifs is 1. The number of hydrogen-bond acceptors (Lipinski definition) is 4. The molecule has 0 aromatic carbocycles. The van der Waals surface area contributed by atoms with Gasteiger partial charge in [0.05, 0.1) is 12.6 Å². The van der Waals surface area contributed by atoms with Gasteiger partial charge in [0.15, 0.2) is 0 Å². The molecule has 110 valence electrons. The van der Waals surface area contributed by atoms with Gasteiger partial charge in [-0.3, -0.25) is 0 Å². The van der Waals surface area contributed by atoms with Crippen LogP contribution >= 0.6 is 11.3 Å². The Morgan fingerprint density at radius 2 is 2.35 bits per heavy atom. The van der Waals surface area contributed by atoms with E-state index in [1.54, 1.807) is 11.3 Å². The van der Waals surface area contributed by atoms with Gasteiger partial charge >= 0.3 is 12.0 Å². The lowest BCUT2D eigenvalue weighted by Gasteiger charge is -2.23. The van der Waals surface area contributed by atoms with Gasteiger partial charge in [-0.05, 0) is 36.3 Å². The maximum Gasteiger partial charge on any atom is 0.329 e. The Balaban J connectivity index is 1.69. The maximum atomic E-state index is 11.7. The summed E-state index contributed by atoms with van der Waals surface area (Å²) >= 11 is 1.74. The zero-order chi connectivity index (χ0) is 14.4. The van der Waals surface area contributed by atoms with Gasteiger partial charge in [0.2, 0.25) is 0 Å². The molecule has 2 amide bonds. The summed E-state index contributed by atoms with van der Waals surface area (Å²) in [6.07, 6.45) is 3.13. The lowest BCUT2D eigenvalue weighted by molar-refractivity contribution is -0.142. The third-order valence-electron chi connectivity index (χ3n) is 3.11. The second-order valence-electron chi connectivity index (χ2n) is 4.59. The minimum atomic E-state index is -1.01. The molecule has 20 heavy (non-hydrogen) atoms. The number of carbonyl (C=O) groups is 2. The summed E-state index contributed by atoms with van der Waals surface area (Å²) < 4.78 is 4.84. The van der Waals surface area contributed by atoms with Crippen LogP contribution in [0.5, 0.6) is 0 Å². The van der Waals surface area contributed by atoms with Gasteiger partial charge in [-0.1, -0.05) is 0 Å². The zero-order valence-corrected chi connectivity index (χ0v) is 11.9. The Morgan fingerprint density at radius 1 is 1.50 bits per heavy atom. The number of rotatable bonds is 6. The fraction of sp³-hybridized carbons (Fsp3) is 0.538. The van der Waals surface area contributed by atoms with Gasteiger partial charge in [0.25, 0.3) is 0 Å². The van der Waals surface area contributed by atoms with Crippen molar-refractivity contribution in [1.82, 2.24) is 10.6 Å². The summed E-state index contributed by atoms with van der Waals surface area (Å²) in [6.45, 7) is 0.139. The molecule has 0 spiro atoms. The van der Waals surface area contributed by atoms with Crippen LogP contribution < -0.4 is 10.6 Å². The van der Waals surface area contributed by atoms with Crippen LogP contribution in [0.2, 0.25) is 0 Å². The third kappa shape index (κ3) is 4.21. The Bertz CT molecular complexity index is 475.